The van der Waals surface area contributed by atoms with E-state index in [-0.39, 0.29) is 11.3 Å². The summed E-state index contributed by atoms with van der Waals surface area (Å²) in [4.78, 5) is 17.1. The van der Waals surface area contributed by atoms with Crippen LogP contribution in [-0.4, -0.2) is 10.9 Å². The zero-order chi connectivity index (χ0) is 13.6. The Labute approximate surface area is 122 Å². The van der Waals surface area contributed by atoms with Crippen LogP contribution in [0.2, 0.25) is 0 Å². The molecular weight excluding hydrogens is 268 g/mol. The van der Waals surface area contributed by atoms with E-state index in [0.717, 1.165) is 29.2 Å². The number of amides is 1. The van der Waals surface area contributed by atoms with Crippen molar-refractivity contribution in [2.45, 2.75) is 37.0 Å². The van der Waals surface area contributed by atoms with Crippen LogP contribution in [0.25, 0.3) is 0 Å². The highest BCUT2D eigenvalue weighted by molar-refractivity contribution is 7.14. The van der Waals surface area contributed by atoms with Gasteiger partial charge < -0.3 is 5.32 Å². The maximum Gasteiger partial charge on any atom is 0.236 e. The van der Waals surface area contributed by atoms with Gasteiger partial charge in [-0.1, -0.05) is 30.3 Å². The summed E-state index contributed by atoms with van der Waals surface area (Å²) < 4.78 is 0. The van der Waals surface area contributed by atoms with E-state index in [1.165, 1.54) is 12.8 Å². The first-order valence-electron chi connectivity index (χ1n) is 7.10. The van der Waals surface area contributed by atoms with Crippen molar-refractivity contribution in [3.63, 3.8) is 0 Å². The first-order chi connectivity index (χ1) is 9.78. The van der Waals surface area contributed by atoms with Crippen LogP contribution in [0.4, 0.5) is 5.13 Å². The number of hydrogen-bond donors (Lipinski definition) is 1. The van der Waals surface area contributed by atoms with E-state index < -0.39 is 0 Å². The predicted molar refractivity (Wildman–Crippen MR) is 80.1 cm³/mol. The number of aromatic nitrogens is 1. The Hall–Kier alpha value is -1.68. The molecular formula is C16H16N2OS. The van der Waals surface area contributed by atoms with Gasteiger partial charge >= 0.3 is 0 Å². The number of benzene rings is 1. The molecule has 1 heterocycles. The molecule has 20 heavy (non-hydrogen) atoms. The number of nitrogens with one attached hydrogen (secondary N) is 1. The second kappa shape index (κ2) is 4.42. The van der Waals surface area contributed by atoms with Gasteiger partial charge in [-0.25, -0.2) is 4.98 Å². The minimum atomic E-state index is -0.313. The maximum absolute atomic E-state index is 12.5. The summed E-state index contributed by atoms with van der Waals surface area (Å²) in [6.45, 7) is 0. The van der Waals surface area contributed by atoms with Gasteiger partial charge in [0.15, 0.2) is 5.13 Å². The fraction of sp³-hybridized carbons (Fsp3) is 0.375. The highest BCUT2D eigenvalue weighted by Gasteiger charge is 2.51. The van der Waals surface area contributed by atoms with Gasteiger partial charge in [-0.05, 0) is 31.2 Å². The smallest absolute Gasteiger partial charge is 0.236 e. The second-order valence-electron chi connectivity index (χ2n) is 5.75. The van der Waals surface area contributed by atoms with Gasteiger partial charge in [0.2, 0.25) is 5.91 Å². The van der Waals surface area contributed by atoms with Crippen molar-refractivity contribution in [2.75, 3.05) is 5.32 Å². The molecule has 2 aromatic rings. The number of thiazole rings is 1. The van der Waals surface area contributed by atoms with Gasteiger partial charge in [-0.3, -0.25) is 4.79 Å². The first-order valence-corrected chi connectivity index (χ1v) is 7.98. The fourth-order valence-electron chi connectivity index (χ4n) is 2.66. The van der Waals surface area contributed by atoms with Gasteiger partial charge in [-0.15, -0.1) is 11.3 Å². The molecule has 2 aliphatic rings. The average Bonchev–Trinajstić information content (AvgIpc) is 3.39. The van der Waals surface area contributed by atoms with Crippen molar-refractivity contribution in [3.05, 3.63) is 47.0 Å². The molecule has 2 saturated carbocycles. The number of carbonyl (C=O) groups excluding carboxylic acids is 1. The van der Waals surface area contributed by atoms with Crippen LogP contribution in [0.3, 0.4) is 0 Å². The van der Waals surface area contributed by atoms with Crippen molar-refractivity contribution >= 4 is 22.4 Å². The topological polar surface area (TPSA) is 42.0 Å². The maximum atomic E-state index is 12.5. The zero-order valence-electron chi connectivity index (χ0n) is 11.1. The molecule has 0 aliphatic heterocycles. The Bertz CT molecular complexity index is 642. The third-order valence-electron chi connectivity index (χ3n) is 4.25. The molecule has 0 spiro atoms. The molecule has 4 rings (SSSR count). The van der Waals surface area contributed by atoms with Crippen LogP contribution in [0.5, 0.6) is 0 Å². The highest BCUT2D eigenvalue weighted by Crippen LogP contribution is 2.49. The molecule has 1 amide bonds. The summed E-state index contributed by atoms with van der Waals surface area (Å²) in [7, 11) is 0. The van der Waals surface area contributed by atoms with Crippen molar-refractivity contribution < 1.29 is 4.79 Å². The zero-order valence-corrected chi connectivity index (χ0v) is 12.0. The van der Waals surface area contributed by atoms with E-state index in [9.17, 15) is 4.79 Å². The third kappa shape index (κ3) is 2.04. The summed E-state index contributed by atoms with van der Waals surface area (Å²) in [5.74, 6) is 0.737. The molecule has 0 bridgehead atoms. The molecule has 102 valence electrons. The van der Waals surface area contributed by atoms with Crippen LogP contribution in [-0.2, 0) is 10.2 Å². The normalized spacial score (nSPS) is 19.6. The molecule has 0 saturated heterocycles. The number of nitrogens with zero attached hydrogens (tertiary/aromatic N) is 1. The summed E-state index contributed by atoms with van der Waals surface area (Å²) in [5, 5.41) is 5.84. The molecule has 0 atom stereocenters. The fourth-order valence-corrected chi connectivity index (χ4v) is 3.44. The van der Waals surface area contributed by atoms with E-state index >= 15 is 0 Å². The number of anilines is 1. The van der Waals surface area contributed by atoms with E-state index in [4.69, 9.17) is 0 Å². The number of hydrogen-bond acceptors (Lipinski definition) is 3. The van der Waals surface area contributed by atoms with Gasteiger partial charge in [0.05, 0.1) is 11.1 Å². The Balaban J connectivity index is 1.52. The predicted octanol–water partition coefficient (Wildman–Crippen LogP) is 3.69. The van der Waals surface area contributed by atoms with E-state index in [1.54, 1.807) is 11.3 Å². The van der Waals surface area contributed by atoms with Gasteiger partial charge in [-0.2, -0.15) is 0 Å². The highest BCUT2D eigenvalue weighted by atomic mass is 32.1. The molecule has 2 fully saturated rings. The Morgan fingerprint density at radius 2 is 2.00 bits per heavy atom. The molecule has 1 N–H and O–H groups in total. The molecule has 0 radical (unpaired) electrons. The lowest BCUT2D eigenvalue weighted by atomic mass is 9.95. The van der Waals surface area contributed by atoms with Crippen LogP contribution in [0, 0.1) is 0 Å². The molecule has 3 nitrogen and oxygen atoms in total. The SMILES string of the molecule is O=C(Nc1nc(C2CC2)cs1)C1(c2ccccc2)CC1. The Morgan fingerprint density at radius 1 is 1.25 bits per heavy atom. The second-order valence-corrected chi connectivity index (χ2v) is 6.61. The standard InChI is InChI=1S/C16H16N2OS/c19-14(16(8-9-16)12-4-2-1-3-5-12)18-15-17-13(10-20-15)11-6-7-11/h1-5,10-11H,6-9H2,(H,17,18,19). The van der Waals surface area contributed by atoms with Crippen LogP contribution in [0.15, 0.2) is 35.7 Å². The Morgan fingerprint density at radius 3 is 2.65 bits per heavy atom. The van der Waals surface area contributed by atoms with Crippen molar-refractivity contribution in [1.82, 2.24) is 4.98 Å². The minimum absolute atomic E-state index is 0.0976. The van der Waals surface area contributed by atoms with E-state index in [0.29, 0.717) is 5.92 Å². The molecule has 2 aliphatic carbocycles. The minimum Gasteiger partial charge on any atom is -0.301 e. The summed E-state index contributed by atoms with van der Waals surface area (Å²) in [6.07, 6.45) is 4.35. The van der Waals surface area contributed by atoms with Gasteiger partial charge in [0.1, 0.15) is 0 Å². The van der Waals surface area contributed by atoms with Gasteiger partial charge in [0.25, 0.3) is 0 Å². The van der Waals surface area contributed by atoms with Crippen LogP contribution < -0.4 is 5.32 Å². The quantitative estimate of drug-likeness (QED) is 0.930. The molecule has 1 aromatic carbocycles. The monoisotopic (exact) mass is 284 g/mol. The molecule has 0 unspecified atom stereocenters. The molecule has 1 aromatic heterocycles. The lowest BCUT2D eigenvalue weighted by Gasteiger charge is -2.14. The molecule has 4 heteroatoms. The van der Waals surface area contributed by atoms with E-state index in [2.05, 4.69) is 15.7 Å². The summed E-state index contributed by atoms with van der Waals surface area (Å²) in [5.41, 5.74) is 1.96. The van der Waals surface area contributed by atoms with Crippen LogP contribution >= 0.6 is 11.3 Å². The van der Waals surface area contributed by atoms with Crippen molar-refractivity contribution in [2.24, 2.45) is 0 Å². The number of rotatable bonds is 4. The lowest BCUT2D eigenvalue weighted by Crippen LogP contribution is -2.27. The van der Waals surface area contributed by atoms with E-state index in [1.807, 2.05) is 30.3 Å². The van der Waals surface area contributed by atoms with Crippen molar-refractivity contribution in [1.29, 1.82) is 0 Å². The largest absolute Gasteiger partial charge is 0.301 e. The number of carbonyl (C=O) groups is 1. The van der Waals surface area contributed by atoms with Crippen molar-refractivity contribution in [3.8, 4) is 0 Å². The third-order valence-corrected chi connectivity index (χ3v) is 5.03. The van der Waals surface area contributed by atoms with Gasteiger partial charge in [0, 0.05) is 11.3 Å². The lowest BCUT2D eigenvalue weighted by molar-refractivity contribution is -0.118. The Kier molecular flexibility index (Phi) is 2.67. The summed E-state index contributed by atoms with van der Waals surface area (Å²) >= 11 is 1.54. The average molecular weight is 284 g/mol. The van der Waals surface area contributed by atoms with Crippen LogP contribution in [0.1, 0.15) is 42.9 Å². The first kappa shape index (κ1) is 12.1. The summed E-state index contributed by atoms with van der Waals surface area (Å²) in [6, 6.07) is 10.1.